The molecule has 1 aromatic heterocycles. The molecule has 5 heteroatoms. The molecule has 3 rings (SSSR count). The Hall–Kier alpha value is -1.58. The van der Waals surface area contributed by atoms with E-state index in [1.54, 1.807) is 28.8 Å². The molecule has 1 aliphatic rings. The van der Waals surface area contributed by atoms with Crippen LogP contribution in [0, 0.1) is 0 Å². The van der Waals surface area contributed by atoms with E-state index in [2.05, 4.69) is 0 Å². The van der Waals surface area contributed by atoms with Gasteiger partial charge in [-0.05, 0) is 31.0 Å². The van der Waals surface area contributed by atoms with Crippen molar-refractivity contribution in [2.75, 3.05) is 0 Å². The van der Waals surface area contributed by atoms with Crippen molar-refractivity contribution >= 4 is 29.0 Å². The summed E-state index contributed by atoms with van der Waals surface area (Å²) in [5, 5.41) is 1.04. The van der Waals surface area contributed by atoms with Gasteiger partial charge in [-0.3, -0.25) is 9.59 Å². The summed E-state index contributed by atoms with van der Waals surface area (Å²) in [6.45, 7) is 0.286. The van der Waals surface area contributed by atoms with Crippen molar-refractivity contribution in [2.24, 2.45) is 0 Å². The van der Waals surface area contributed by atoms with Gasteiger partial charge >= 0.3 is 0 Å². The highest BCUT2D eigenvalue weighted by Gasteiger charge is 2.21. The standard InChI is InChI=1S/C16H13Cl2NO2/c17-12-3-1-4-13(18)11(12)9-19-14-5-2-6-15(20)10(14)7-8-16(19)21/h1,3-4,7-8H,2,5-6,9H2. The van der Waals surface area contributed by atoms with E-state index in [0.717, 1.165) is 18.5 Å². The number of rotatable bonds is 2. The molecule has 0 spiro atoms. The Morgan fingerprint density at radius 3 is 2.43 bits per heavy atom. The number of benzene rings is 1. The summed E-state index contributed by atoms with van der Waals surface area (Å²) in [7, 11) is 0. The summed E-state index contributed by atoms with van der Waals surface area (Å²) in [5.41, 5.74) is 1.99. The van der Waals surface area contributed by atoms with Gasteiger partial charge in [-0.15, -0.1) is 0 Å². The maximum absolute atomic E-state index is 12.2. The first kappa shape index (κ1) is 14.4. The molecule has 21 heavy (non-hydrogen) atoms. The Morgan fingerprint density at radius 2 is 1.71 bits per heavy atom. The molecule has 1 aromatic carbocycles. The molecule has 0 radical (unpaired) electrons. The second-order valence-corrected chi connectivity index (χ2v) is 5.91. The van der Waals surface area contributed by atoms with Crippen molar-refractivity contribution < 1.29 is 4.79 Å². The van der Waals surface area contributed by atoms with Gasteiger partial charge in [-0.25, -0.2) is 0 Å². The molecule has 3 nitrogen and oxygen atoms in total. The number of carbonyl (C=O) groups excluding carboxylic acids is 1. The molecule has 0 fully saturated rings. The van der Waals surface area contributed by atoms with Gasteiger partial charge in [0.1, 0.15) is 0 Å². The van der Waals surface area contributed by atoms with Crippen LogP contribution in [-0.2, 0) is 13.0 Å². The second kappa shape index (κ2) is 5.66. The molecule has 0 amide bonds. The molecule has 0 atom stereocenters. The SMILES string of the molecule is O=C1CCCc2c1ccc(=O)n2Cc1c(Cl)cccc1Cl. The highest BCUT2D eigenvalue weighted by atomic mass is 35.5. The molecule has 0 saturated carbocycles. The van der Waals surface area contributed by atoms with Gasteiger partial charge in [-0.2, -0.15) is 0 Å². The van der Waals surface area contributed by atoms with Crippen LogP contribution in [0.2, 0.25) is 10.0 Å². The minimum atomic E-state index is -0.139. The highest BCUT2D eigenvalue weighted by molar-refractivity contribution is 6.35. The third-order valence-electron chi connectivity index (χ3n) is 3.79. The Balaban J connectivity index is 2.13. The van der Waals surface area contributed by atoms with Gasteiger partial charge in [0, 0.05) is 39.4 Å². The first-order chi connectivity index (χ1) is 10.1. The van der Waals surface area contributed by atoms with E-state index in [1.807, 2.05) is 0 Å². The maximum atomic E-state index is 12.2. The third kappa shape index (κ3) is 2.63. The van der Waals surface area contributed by atoms with Crippen molar-refractivity contribution in [3.05, 3.63) is 67.6 Å². The maximum Gasteiger partial charge on any atom is 0.251 e. The molecule has 0 N–H and O–H groups in total. The Morgan fingerprint density at radius 1 is 1.00 bits per heavy atom. The van der Waals surface area contributed by atoms with E-state index in [-0.39, 0.29) is 17.9 Å². The quantitative estimate of drug-likeness (QED) is 0.845. The number of ketones is 1. The molecular weight excluding hydrogens is 309 g/mol. The lowest BCUT2D eigenvalue weighted by Crippen LogP contribution is -2.28. The van der Waals surface area contributed by atoms with Gasteiger partial charge in [0.2, 0.25) is 0 Å². The van der Waals surface area contributed by atoms with Crippen molar-refractivity contribution in [3.63, 3.8) is 0 Å². The summed E-state index contributed by atoms with van der Waals surface area (Å²) in [5.74, 6) is 0.0928. The fraction of sp³-hybridized carbons (Fsp3) is 0.250. The van der Waals surface area contributed by atoms with Gasteiger partial charge in [0.25, 0.3) is 5.56 Å². The predicted octanol–water partition coefficient (Wildman–Crippen LogP) is 3.72. The first-order valence-electron chi connectivity index (χ1n) is 6.77. The van der Waals surface area contributed by atoms with Crippen LogP contribution in [0.25, 0.3) is 0 Å². The molecular formula is C16H13Cl2NO2. The van der Waals surface area contributed by atoms with Gasteiger partial charge in [0.05, 0.1) is 6.54 Å². The van der Waals surface area contributed by atoms with Crippen LogP contribution in [0.15, 0.2) is 35.1 Å². The van der Waals surface area contributed by atoms with Crippen molar-refractivity contribution in [2.45, 2.75) is 25.8 Å². The van der Waals surface area contributed by atoms with Gasteiger partial charge in [0.15, 0.2) is 5.78 Å². The van der Waals surface area contributed by atoms with E-state index >= 15 is 0 Å². The van der Waals surface area contributed by atoms with E-state index in [0.29, 0.717) is 27.6 Å². The van der Waals surface area contributed by atoms with Crippen molar-refractivity contribution in [1.29, 1.82) is 0 Å². The monoisotopic (exact) mass is 321 g/mol. The zero-order chi connectivity index (χ0) is 15.0. The van der Waals surface area contributed by atoms with Crippen LogP contribution >= 0.6 is 23.2 Å². The number of carbonyl (C=O) groups is 1. The number of pyridine rings is 1. The van der Waals surface area contributed by atoms with Crippen LogP contribution < -0.4 is 5.56 Å². The average Bonchev–Trinajstić information content (AvgIpc) is 2.45. The van der Waals surface area contributed by atoms with E-state index in [4.69, 9.17) is 23.2 Å². The summed E-state index contributed by atoms with van der Waals surface area (Å²) in [6, 6.07) is 8.32. The average molecular weight is 322 g/mol. The highest BCUT2D eigenvalue weighted by Crippen LogP contribution is 2.26. The molecule has 2 aromatic rings. The van der Waals surface area contributed by atoms with Gasteiger partial charge < -0.3 is 4.57 Å². The number of fused-ring (bicyclic) bond motifs is 1. The predicted molar refractivity (Wildman–Crippen MR) is 83.5 cm³/mol. The molecule has 0 saturated heterocycles. The van der Waals surface area contributed by atoms with Crippen LogP contribution in [0.1, 0.15) is 34.5 Å². The van der Waals surface area contributed by atoms with Crippen LogP contribution in [-0.4, -0.2) is 10.4 Å². The lowest BCUT2D eigenvalue weighted by molar-refractivity contribution is 0.0970. The van der Waals surface area contributed by atoms with E-state index in [1.165, 1.54) is 6.07 Å². The smallest absolute Gasteiger partial charge is 0.251 e. The normalized spacial score (nSPS) is 14.1. The van der Waals surface area contributed by atoms with E-state index in [9.17, 15) is 9.59 Å². The Labute approximate surface area is 132 Å². The minimum Gasteiger partial charge on any atom is -0.307 e. The lowest BCUT2D eigenvalue weighted by Gasteiger charge is -2.20. The number of nitrogens with zero attached hydrogens (tertiary/aromatic N) is 1. The largest absolute Gasteiger partial charge is 0.307 e. The lowest BCUT2D eigenvalue weighted by atomic mass is 9.94. The fourth-order valence-corrected chi connectivity index (χ4v) is 3.23. The molecule has 108 valence electrons. The zero-order valence-electron chi connectivity index (χ0n) is 11.2. The van der Waals surface area contributed by atoms with Crippen LogP contribution in [0.5, 0.6) is 0 Å². The minimum absolute atomic E-state index is 0.0928. The fourth-order valence-electron chi connectivity index (χ4n) is 2.71. The Bertz CT molecular complexity index is 760. The van der Waals surface area contributed by atoms with Crippen molar-refractivity contribution in [3.8, 4) is 0 Å². The number of aromatic nitrogens is 1. The summed E-state index contributed by atoms with van der Waals surface area (Å²) >= 11 is 12.4. The van der Waals surface area contributed by atoms with Gasteiger partial charge in [-0.1, -0.05) is 29.3 Å². The Kier molecular flexibility index (Phi) is 3.87. The number of hydrogen-bond acceptors (Lipinski definition) is 2. The zero-order valence-corrected chi connectivity index (χ0v) is 12.7. The number of Topliss-reactive ketones (excluding diaryl/α,β-unsaturated/α-hetero) is 1. The topological polar surface area (TPSA) is 39.1 Å². The summed E-state index contributed by atoms with van der Waals surface area (Å²) < 4.78 is 1.61. The molecule has 0 bridgehead atoms. The second-order valence-electron chi connectivity index (χ2n) is 5.10. The summed E-state index contributed by atoms with van der Waals surface area (Å²) in [4.78, 5) is 24.2. The van der Waals surface area contributed by atoms with Crippen molar-refractivity contribution in [1.82, 2.24) is 4.57 Å². The molecule has 0 aliphatic heterocycles. The third-order valence-corrected chi connectivity index (χ3v) is 4.50. The van der Waals surface area contributed by atoms with Crippen LogP contribution in [0.4, 0.5) is 0 Å². The molecule has 1 aliphatic carbocycles. The number of hydrogen-bond donors (Lipinski definition) is 0. The molecule has 0 unspecified atom stereocenters. The van der Waals surface area contributed by atoms with E-state index < -0.39 is 0 Å². The number of halogens is 2. The molecule has 1 heterocycles. The summed E-state index contributed by atoms with van der Waals surface area (Å²) in [6.07, 6.45) is 2.03. The first-order valence-corrected chi connectivity index (χ1v) is 7.52. The van der Waals surface area contributed by atoms with Crippen LogP contribution in [0.3, 0.4) is 0 Å².